The highest BCUT2D eigenvalue weighted by atomic mass is 32.1. The average molecular weight is 413 g/mol. The summed E-state index contributed by atoms with van der Waals surface area (Å²) in [5.41, 5.74) is 0.0691. The van der Waals surface area contributed by atoms with Gasteiger partial charge < -0.3 is 10.0 Å². The average Bonchev–Trinajstić information content (AvgIpc) is 3.37. The van der Waals surface area contributed by atoms with Gasteiger partial charge in [-0.2, -0.15) is 4.98 Å². The van der Waals surface area contributed by atoms with E-state index < -0.39 is 0 Å². The molecule has 152 valence electrons. The first kappa shape index (κ1) is 18.7. The molecule has 0 saturated carbocycles. The van der Waals surface area contributed by atoms with E-state index >= 15 is 0 Å². The first-order valence-corrected chi connectivity index (χ1v) is 10.9. The summed E-state index contributed by atoms with van der Waals surface area (Å²) in [7, 11) is 0. The molecule has 2 fully saturated rings. The molecule has 0 aromatic carbocycles. The molecule has 3 aromatic heterocycles. The molecule has 3 aromatic rings. The molecule has 0 bridgehead atoms. The molecule has 1 N–H and O–H groups in total. The summed E-state index contributed by atoms with van der Waals surface area (Å²) in [5, 5.41) is 16.9. The van der Waals surface area contributed by atoms with Crippen LogP contribution in [0.25, 0.3) is 5.78 Å². The number of piperidine rings is 2. The molecule has 29 heavy (non-hydrogen) atoms. The van der Waals surface area contributed by atoms with Crippen LogP contribution < -0.4 is 0 Å². The number of fused-ring (bicyclic) bond motifs is 1. The lowest BCUT2D eigenvalue weighted by atomic mass is 9.71. The largest absolute Gasteiger partial charge is 0.392 e. The number of thiophene rings is 1. The van der Waals surface area contributed by atoms with Crippen molar-refractivity contribution in [1.29, 1.82) is 0 Å². The minimum atomic E-state index is -0.308. The van der Waals surface area contributed by atoms with Gasteiger partial charge in [0.2, 0.25) is 5.82 Å². The van der Waals surface area contributed by atoms with E-state index in [0.717, 1.165) is 38.9 Å². The second kappa shape index (κ2) is 7.47. The lowest BCUT2D eigenvalue weighted by molar-refractivity contribution is -0.0402. The predicted molar refractivity (Wildman–Crippen MR) is 109 cm³/mol. The summed E-state index contributed by atoms with van der Waals surface area (Å²) >= 11 is 1.76. The van der Waals surface area contributed by atoms with Crippen LogP contribution >= 0.6 is 11.3 Å². The number of aromatic nitrogens is 4. The van der Waals surface area contributed by atoms with E-state index in [0.29, 0.717) is 18.9 Å². The smallest absolute Gasteiger partial charge is 0.293 e. The molecule has 9 heteroatoms. The number of carbonyl (C=O) groups is 1. The van der Waals surface area contributed by atoms with Gasteiger partial charge in [-0.25, -0.2) is 9.50 Å². The number of hydrogen-bond acceptors (Lipinski definition) is 7. The Morgan fingerprint density at radius 2 is 2.17 bits per heavy atom. The molecular formula is C20H24N6O2S. The van der Waals surface area contributed by atoms with Crippen molar-refractivity contribution in [1.82, 2.24) is 29.4 Å². The number of hydrogen-bond donors (Lipinski definition) is 1. The minimum Gasteiger partial charge on any atom is -0.392 e. The minimum absolute atomic E-state index is 0.0691. The van der Waals surface area contributed by atoms with E-state index in [2.05, 4.69) is 37.5 Å². The third-order valence-corrected chi connectivity index (χ3v) is 6.94. The second-order valence-electron chi connectivity index (χ2n) is 8.20. The van der Waals surface area contributed by atoms with E-state index in [1.54, 1.807) is 29.8 Å². The van der Waals surface area contributed by atoms with Gasteiger partial charge in [0.25, 0.3) is 11.7 Å². The lowest BCUT2D eigenvalue weighted by Crippen LogP contribution is -2.54. The number of β-amino-alcohol motifs (C(OH)–C–C–N with tert-alkyl or cyclic N) is 1. The molecule has 0 aliphatic carbocycles. The number of likely N-dealkylation sites (tertiary alicyclic amines) is 2. The van der Waals surface area contributed by atoms with E-state index in [9.17, 15) is 9.90 Å². The molecule has 8 nitrogen and oxygen atoms in total. The Balaban J connectivity index is 1.25. The van der Waals surface area contributed by atoms with Crippen molar-refractivity contribution in [3.8, 4) is 0 Å². The summed E-state index contributed by atoms with van der Waals surface area (Å²) in [6.07, 6.45) is 5.66. The molecule has 5 rings (SSSR count). The summed E-state index contributed by atoms with van der Waals surface area (Å²) < 4.78 is 1.53. The van der Waals surface area contributed by atoms with Gasteiger partial charge in [-0.15, -0.1) is 16.4 Å². The van der Waals surface area contributed by atoms with Crippen molar-refractivity contribution in [2.75, 3.05) is 26.2 Å². The van der Waals surface area contributed by atoms with Gasteiger partial charge in [-0.05, 0) is 42.2 Å². The normalized spacial score (nSPS) is 22.4. The fourth-order valence-corrected chi connectivity index (χ4v) is 5.47. The lowest BCUT2D eigenvalue weighted by Gasteiger charge is -2.49. The quantitative estimate of drug-likeness (QED) is 0.704. The van der Waals surface area contributed by atoms with E-state index in [1.807, 2.05) is 4.90 Å². The number of aliphatic hydroxyl groups is 1. The molecule has 2 aliphatic rings. The Labute approximate surface area is 172 Å². The van der Waals surface area contributed by atoms with Crippen LogP contribution in [0.3, 0.4) is 0 Å². The van der Waals surface area contributed by atoms with Crippen LogP contribution in [-0.2, 0) is 6.54 Å². The number of aliphatic hydroxyl groups excluding tert-OH is 1. The standard InChI is InChI=1S/C20H24N6O2S/c27-15-11-20(14-24(12-15)13-16-3-1-10-29-16)4-8-25(9-5-20)18(28)17-22-19-21-6-2-7-26(19)23-17/h1-3,6-7,10,15,27H,4-5,8-9,11-14H2. The first-order valence-electron chi connectivity index (χ1n) is 10.00. The Morgan fingerprint density at radius 3 is 2.93 bits per heavy atom. The molecule has 1 amide bonds. The highest BCUT2D eigenvalue weighted by Gasteiger charge is 2.42. The van der Waals surface area contributed by atoms with E-state index in [-0.39, 0.29) is 23.3 Å². The molecule has 1 spiro atoms. The van der Waals surface area contributed by atoms with Crippen LogP contribution in [-0.4, -0.2) is 72.7 Å². The summed E-state index contributed by atoms with van der Waals surface area (Å²) in [6, 6.07) is 5.98. The third-order valence-electron chi connectivity index (χ3n) is 6.08. The number of carbonyl (C=O) groups excluding carboxylic acids is 1. The van der Waals surface area contributed by atoms with Crippen molar-refractivity contribution >= 4 is 23.0 Å². The monoisotopic (exact) mass is 412 g/mol. The van der Waals surface area contributed by atoms with Gasteiger partial charge in [0.15, 0.2) is 0 Å². The Kier molecular flexibility index (Phi) is 4.81. The molecular weight excluding hydrogens is 388 g/mol. The maximum absolute atomic E-state index is 12.9. The van der Waals surface area contributed by atoms with Gasteiger partial charge in [0.05, 0.1) is 6.10 Å². The first-order chi connectivity index (χ1) is 14.1. The highest BCUT2D eigenvalue weighted by molar-refractivity contribution is 7.09. The van der Waals surface area contributed by atoms with E-state index in [4.69, 9.17) is 0 Å². The fraction of sp³-hybridized carbons (Fsp3) is 0.500. The summed E-state index contributed by atoms with van der Waals surface area (Å²) in [4.78, 5) is 26.8. The zero-order chi connectivity index (χ0) is 19.8. The van der Waals surface area contributed by atoms with Crippen LogP contribution in [0.15, 0.2) is 36.0 Å². The van der Waals surface area contributed by atoms with Gasteiger partial charge in [-0.3, -0.25) is 9.69 Å². The van der Waals surface area contributed by atoms with E-state index in [1.165, 1.54) is 9.39 Å². The Hall–Kier alpha value is -2.36. The molecule has 5 heterocycles. The molecule has 2 aliphatic heterocycles. The van der Waals surface area contributed by atoms with Gasteiger partial charge >= 0.3 is 0 Å². The van der Waals surface area contributed by atoms with Crippen LogP contribution in [0.5, 0.6) is 0 Å². The van der Waals surface area contributed by atoms with Gasteiger partial charge in [0, 0.05) is 50.0 Å². The van der Waals surface area contributed by atoms with Crippen LogP contribution in [0.4, 0.5) is 0 Å². The van der Waals surface area contributed by atoms with Crippen molar-refractivity contribution in [2.24, 2.45) is 5.41 Å². The maximum atomic E-state index is 12.9. The zero-order valence-corrected chi connectivity index (χ0v) is 17.0. The topological polar surface area (TPSA) is 86.9 Å². The SMILES string of the molecule is O=C(c1nc2ncccn2n1)N1CCC2(CC1)CC(O)CN(Cc1cccs1)C2. The van der Waals surface area contributed by atoms with Gasteiger partial charge in [-0.1, -0.05) is 6.07 Å². The van der Waals surface area contributed by atoms with Crippen molar-refractivity contribution < 1.29 is 9.90 Å². The molecule has 0 radical (unpaired) electrons. The Bertz CT molecular complexity index is 963. The third kappa shape index (κ3) is 3.77. The molecule has 1 atom stereocenters. The maximum Gasteiger partial charge on any atom is 0.293 e. The highest BCUT2D eigenvalue weighted by Crippen LogP contribution is 2.40. The summed E-state index contributed by atoms with van der Waals surface area (Å²) in [6.45, 7) is 3.92. The number of amides is 1. The molecule has 2 saturated heterocycles. The second-order valence-corrected chi connectivity index (χ2v) is 9.23. The van der Waals surface area contributed by atoms with Crippen molar-refractivity contribution in [3.05, 3.63) is 46.7 Å². The Morgan fingerprint density at radius 1 is 1.31 bits per heavy atom. The summed E-state index contributed by atoms with van der Waals surface area (Å²) in [5.74, 6) is 0.490. The van der Waals surface area contributed by atoms with Crippen LogP contribution in [0.2, 0.25) is 0 Å². The fourth-order valence-electron chi connectivity index (χ4n) is 4.72. The van der Waals surface area contributed by atoms with Crippen molar-refractivity contribution in [2.45, 2.75) is 31.9 Å². The molecule has 1 unspecified atom stereocenters. The predicted octanol–water partition coefficient (Wildman–Crippen LogP) is 1.67. The number of nitrogens with zero attached hydrogens (tertiary/aromatic N) is 6. The number of rotatable bonds is 3. The zero-order valence-electron chi connectivity index (χ0n) is 16.1. The van der Waals surface area contributed by atoms with Crippen LogP contribution in [0.1, 0.15) is 34.8 Å². The van der Waals surface area contributed by atoms with Crippen LogP contribution in [0, 0.1) is 5.41 Å². The van der Waals surface area contributed by atoms with Gasteiger partial charge in [0.1, 0.15) is 0 Å². The van der Waals surface area contributed by atoms with Crippen molar-refractivity contribution in [3.63, 3.8) is 0 Å².